The summed E-state index contributed by atoms with van der Waals surface area (Å²) in [7, 11) is 2.77. The Morgan fingerprint density at radius 2 is 1.97 bits per heavy atom. The summed E-state index contributed by atoms with van der Waals surface area (Å²) in [5.41, 5.74) is -0.0321. The number of carbonyl (C=O) groups is 2. The quantitative estimate of drug-likeness (QED) is 0.456. The molecule has 1 N–H and O–H groups in total. The number of alkyl carbamates (subject to hydrolysis) is 1. The van der Waals surface area contributed by atoms with E-state index in [0.29, 0.717) is 5.69 Å². The van der Waals surface area contributed by atoms with E-state index in [9.17, 15) is 18.8 Å². The monoisotopic (exact) mass is 406 g/mol. The molecule has 1 aliphatic rings. The molecule has 1 amide bonds. The number of likely N-dealkylation sites (N-methyl/N-ethyl adjacent to an activating group) is 1. The zero-order valence-electron chi connectivity index (χ0n) is 16.9. The van der Waals surface area contributed by atoms with Crippen molar-refractivity contribution in [3.8, 4) is 5.75 Å². The summed E-state index contributed by atoms with van der Waals surface area (Å²) in [5.74, 6) is 0.498. The third kappa shape index (κ3) is 5.36. The van der Waals surface area contributed by atoms with Gasteiger partial charge in [0.2, 0.25) is 0 Å². The number of benzene rings is 1. The van der Waals surface area contributed by atoms with E-state index in [-0.39, 0.29) is 35.7 Å². The van der Waals surface area contributed by atoms with Gasteiger partial charge in [0.25, 0.3) is 0 Å². The minimum atomic E-state index is -0.673. The standard InChI is InChI=1S/C20H23FN2O6/c1-20(2,3)29-19(26)22-6-7-28-16-10-13(21)9-14-12(11-24)8-15(18(25)27-5)23(4)17(14)16/h8-10H,6-7H2,1-5H3,(H,22,26). The molecule has 1 aromatic rings. The summed E-state index contributed by atoms with van der Waals surface area (Å²) in [4.78, 5) is 36.5. The van der Waals surface area contributed by atoms with Crippen LogP contribution in [-0.4, -0.2) is 50.9 Å². The molecule has 1 aromatic carbocycles. The molecule has 2 rings (SSSR count). The third-order valence-corrected chi connectivity index (χ3v) is 3.84. The van der Waals surface area contributed by atoms with Crippen LogP contribution in [0.5, 0.6) is 5.75 Å². The highest BCUT2D eigenvalue weighted by molar-refractivity contribution is 6.07. The second-order valence-electron chi connectivity index (χ2n) is 7.17. The van der Waals surface area contributed by atoms with E-state index in [1.54, 1.807) is 33.8 Å². The maximum Gasteiger partial charge on any atom is 0.407 e. The van der Waals surface area contributed by atoms with Crippen LogP contribution >= 0.6 is 0 Å². The number of fused-ring (bicyclic) bond motifs is 1. The van der Waals surface area contributed by atoms with E-state index in [4.69, 9.17) is 14.2 Å². The molecule has 0 atom stereocenters. The van der Waals surface area contributed by atoms with E-state index in [1.807, 2.05) is 0 Å². The molecule has 0 bridgehead atoms. The summed E-state index contributed by atoms with van der Waals surface area (Å²) >= 11 is 0. The SMILES string of the molecule is COC(=O)C1=CC(=C=O)c2cc(F)cc(OCCNC(=O)OC(C)(C)C)c2N1C. The van der Waals surface area contributed by atoms with Crippen LogP contribution in [0.1, 0.15) is 26.3 Å². The van der Waals surface area contributed by atoms with Crippen LogP contribution in [0, 0.1) is 5.82 Å². The molecule has 0 saturated heterocycles. The number of esters is 1. The maximum absolute atomic E-state index is 14.1. The van der Waals surface area contributed by atoms with E-state index in [0.717, 1.165) is 12.1 Å². The van der Waals surface area contributed by atoms with Gasteiger partial charge in [-0.3, -0.25) is 0 Å². The van der Waals surface area contributed by atoms with E-state index in [1.165, 1.54) is 18.1 Å². The molecule has 156 valence electrons. The normalized spacial score (nSPS) is 13.1. The Morgan fingerprint density at radius 3 is 2.55 bits per heavy atom. The highest BCUT2D eigenvalue weighted by Crippen LogP contribution is 2.41. The average molecular weight is 406 g/mol. The van der Waals surface area contributed by atoms with Crippen LogP contribution in [0.25, 0.3) is 5.57 Å². The number of amides is 1. The predicted molar refractivity (Wildman–Crippen MR) is 104 cm³/mol. The fourth-order valence-electron chi connectivity index (χ4n) is 2.68. The molecule has 0 radical (unpaired) electrons. The molecule has 8 nitrogen and oxygen atoms in total. The van der Waals surface area contributed by atoms with Gasteiger partial charge in [-0.1, -0.05) is 0 Å². The van der Waals surface area contributed by atoms with Crippen molar-refractivity contribution >= 4 is 29.3 Å². The number of allylic oxidation sites excluding steroid dienone is 2. The van der Waals surface area contributed by atoms with Crippen molar-refractivity contribution in [2.45, 2.75) is 26.4 Å². The highest BCUT2D eigenvalue weighted by Gasteiger charge is 2.29. The molecule has 0 fully saturated rings. The molecule has 29 heavy (non-hydrogen) atoms. The Hall–Kier alpha value is -3.32. The van der Waals surface area contributed by atoms with Gasteiger partial charge < -0.3 is 24.4 Å². The van der Waals surface area contributed by atoms with Gasteiger partial charge in [-0.05, 0) is 32.9 Å². The van der Waals surface area contributed by atoms with Crippen molar-refractivity contribution in [1.82, 2.24) is 5.32 Å². The smallest absolute Gasteiger partial charge is 0.407 e. The topological polar surface area (TPSA) is 94.2 Å². The Morgan fingerprint density at radius 1 is 1.28 bits per heavy atom. The number of hydrogen-bond acceptors (Lipinski definition) is 7. The first-order valence-corrected chi connectivity index (χ1v) is 8.79. The van der Waals surface area contributed by atoms with Crippen LogP contribution in [0.4, 0.5) is 14.9 Å². The lowest BCUT2D eigenvalue weighted by molar-refractivity contribution is -0.136. The summed E-state index contributed by atoms with van der Waals surface area (Å²) in [6.45, 7) is 5.31. The van der Waals surface area contributed by atoms with Gasteiger partial charge in [-0.2, -0.15) is 0 Å². The molecular weight excluding hydrogens is 383 g/mol. The predicted octanol–water partition coefficient (Wildman–Crippen LogP) is 2.45. The van der Waals surface area contributed by atoms with Crippen molar-refractivity contribution < 1.29 is 33.0 Å². The van der Waals surface area contributed by atoms with E-state index in [2.05, 4.69) is 5.32 Å². The molecule has 0 aliphatic carbocycles. The van der Waals surface area contributed by atoms with Crippen molar-refractivity contribution in [2.75, 3.05) is 32.2 Å². The average Bonchev–Trinajstić information content (AvgIpc) is 2.63. The van der Waals surface area contributed by atoms with Gasteiger partial charge in [0, 0.05) is 18.7 Å². The van der Waals surface area contributed by atoms with Crippen LogP contribution in [-0.2, 0) is 19.1 Å². The number of anilines is 1. The van der Waals surface area contributed by atoms with E-state index >= 15 is 0 Å². The Kier molecular flexibility index (Phi) is 6.66. The molecule has 0 aromatic heterocycles. The number of ether oxygens (including phenoxy) is 3. The highest BCUT2D eigenvalue weighted by atomic mass is 19.1. The zero-order valence-corrected chi connectivity index (χ0v) is 16.9. The van der Waals surface area contributed by atoms with Crippen molar-refractivity contribution in [1.29, 1.82) is 0 Å². The summed E-state index contributed by atoms with van der Waals surface area (Å²) in [6.07, 6.45) is 0.663. The number of nitrogens with one attached hydrogen (secondary N) is 1. The number of nitrogens with zero attached hydrogens (tertiary/aromatic N) is 1. The summed E-state index contributed by atoms with van der Waals surface area (Å²) in [6, 6.07) is 2.29. The number of carbonyl (C=O) groups excluding carboxylic acids is 3. The third-order valence-electron chi connectivity index (χ3n) is 3.84. The van der Waals surface area contributed by atoms with E-state index < -0.39 is 23.5 Å². The minimum absolute atomic E-state index is 0.000382. The first-order valence-electron chi connectivity index (χ1n) is 8.79. The first kappa shape index (κ1) is 22.0. The van der Waals surface area contributed by atoms with Crippen LogP contribution < -0.4 is 15.0 Å². The zero-order chi connectivity index (χ0) is 21.8. The van der Waals surface area contributed by atoms with Gasteiger partial charge in [0.05, 0.1) is 24.9 Å². The summed E-state index contributed by atoms with van der Waals surface area (Å²) < 4.78 is 29.6. The molecule has 0 saturated carbocycles. The lowest BCUT2D eigenvalue weighted by Crippen LogP contribution is -2.34. The summed E-state index contributed by atoms with van der Waals surface area (Å²) in [5, 5.41) is 2.52. The number of rotatable bonds is 5. The second kappa shape index (κ2) is 8.79. The first-order chi connectivity index (χ1) is 13.6. The van der Waals surface area contributed by atoms with Gasteiger partial charge in [-0.25, -0.2) is 18.8 Å². The second-order valence-corrected chi connectivity index (χ2v) is 7.17. The number of hydrogen-bond donors (Lipinski definition) is 1. The lowest BCUT2D eigenvalue weighted by atomic mass is 9.98. The van der Waals surface area contributed by atoms with Gasteiger partial charge in [0.15, 0.2) is 0 Å². The molecule has 1 aliphatic heterocycles. The van der Waals surface area contributed by atoms with Crippen LogP contribution in [0.15, 0.2) is 23.9 Å². The molecule has 1 heterocycles. The minimum Gasteiger partial charge on any atom is -0.489 e. The fraction of sp³-hybridized carbons (Fsp3) is 0.400. The Bertz CT molecular complexity index is 897. The van der Waals surface area contributed by atoms with Gasteiger partial charge in [-0.15, -0.1) is 0 Å². The van der Waals surface area contributed by atoms with Crippen molar-refractivity contribution in [2.24, 2.45) is 0 Å². The molecule has 0 unspecified atom stereocenters. The molecule has 9 heteroatoms. The molecular formula is C20H23FN2O6. The molecule has 0 spiro atoms. The number of halogens is 1. The fourth-order valence-corrected chi connectivity index (χ4v) is 2.68. The Labute approximate surface area is 167 Å². The van der Waals surface area contributed by atoms with Crippen molar-refractivity contribution in [3.05, 3.63) is 35.3 Å². The maximum atomic E-state index is 14.1. The van der Waals surface area contributed by atoms with Crippen LogP contribution in [0.3, 0.4) is 0 Å². The van der Waals surface area contributed by atoms with Crippen molar-refractivity contribution in [3.63, 3.8) is 0 Å². The van der Waals surface area contributed by atoms with Crippen LogP contribution in [0.2, 0.25) is 0 Å². The largest absolute Gasteiger partial charge is 0.489 e. The lowest BCUT2D eigenvalue weighted by Gasteiger charge is -2.29. The van der Waals surface area contributed by atoms with Gasteiger partial charge >= 0.3 is 12.1 Å². The Balaban J connectivity index is 2.22. The number of methoxy groups -OCH3 is 1. The van der Waals surface area contributed by atoms with Gasteiger partial charge in [0.1, 0.15) is 35.4 Å².